The summed E-state index contributed by atoms with van der Waals surface area (Å²) >= 11 is 3.41. The van der Waals surface area contributed by atoms with E-state index in [0.717, 1.165) is 17.4 Å². The van der Waals surface area contributed by atoms with Gasteiger partial charge in [-0.2, -0.15) is 0 Å². The third-order valence-corrected chi connectivity index (χ3v) is 2.32. The minimum absolute atomic E-state index is 0.875. The topological polar surface area (TPSA) is 26.0 Å². The molecule has 1 aromatic rings. The van der Waals surface area contributed by atoms with Crippen molar-refractivity contribution in [3.05, 3.63) is 29.3 Å². The van der Waals surface area contributed by atoms with Gasteiger partial charge in [-0.1, -0.05) is 22.0 Å². The van der Waals surface area contributed by atoms with Crippen LogP contribution in [-0.4, -0.2) is 5.33 Å². The summed E-state index contributed by atoms with van der Waals surface area (Å²) in [5.41, 5.74) is 9.18. The predicted molar refractivity (Wildman–Crippen MR) is 57.7 cm³/mol. The fourth-order valence-corrected chi connectivity index (χ4v) is 1.59. The summed E-state index contributed by atoms with van der Waals surface area (Å²) in [4.78, 5) is 0. The Labute approximate surface area is 82.1 Å². The van der Waals surface area contributed by atoms with Crippen LogP contribution in [0.3, 0.4) is 0 Å². The fourth-order valence-electron chi connectivity index (χ4n) is 1.31. The lowest BCUT2D eigenvalue weighted by molar-refractivity contribution is 0.938. The number of nitrogen functional groups attached to an aromatic ring is 1. The van der Waals surface area contributed by atoms with Crippen LogP contribution < -0.4 is 5.73 Å². The van der Waals surface area contributed by atoms with Gasteiger partial charge < -0.3 is 5.73 Å². The molecule has 1 nitrogen and oxygen atoms in total. The third-order valence-electron chi connectivity index (χ3n) is 1.76. The van der Waals surface area contributed by atoms with Gasteiger partial charge >= 0.3 is 0 Å². The molecule has 0 saturated carbocycles. The zero-order chi connectivity index (χ0) is 8.97. The molecule has 0 atom stereocenters. The molecule has 0 aromatic heterocycles. The first-order chi connectivity index (χ1) is 5.72. The predicted octanol–water partition coefficient (Wildman–Crippen LogP) is 2.90. The number of benzene rings is 1. The van der Waals surface area contributed by atoms with E-state index < -0.39 is 0 Å². The molecule has 0 spiro atoms. The van der Waals surface area contributed by atoms with E-state index in [-0.39, 0.29) is 0 Å². The van der Waals surface area contributed by atoms with Crippen LogP contribution in [0.15, 0.2) is 18.2 Å². The Morgan fingerprint density at radius 1 is 1.33 bits per heavy atom. The van der Waals surface area contributed by atoms with E-state index in [1.807, 2.05) is 6.07 Å². The van der Waals surface area contributed by atoms with E-state index in [4.69, 9.17) is 5.73 Å². The van der Waals surface area contributed by atoms with Crippen molar-refractivity contribution >= 4 is 21.6 Å². The first kappa shape index (κ1) is 9.59. The van der Waals surface area contributed by atoms with Crippen LogP contribution in [0.2, 0.25) is 0 Å². The van der Waals surface area contributed by atoms with E-state index in [0.29, 0.717) is 0 Å². The van der Waals surface area contributed by atoms with Gasteiger partial charge in [-0.15, -0.1) is 0 Å². The Kier molecular flexibility index (Phi) is 3.60. The highest BCUT2D eigenvalue weighted by Gasteiger charge is 1.95. The number of hydrogen-bond acceptors (Lipinski definition) is 1. The molecule has 2 N–H and O–H groups in total. The van der Waals surface area contributed by atoms with E-state index in [9.17, 15) is 0 Å². The quantitative estimate of drug-likeness (QED) is 0.624. The van der Waals surface area contributed by atoms with Gasteiger partial charge in [0.1, 0.15) is 0 Å². The maximum Gasteiger partial charge on any atom is 0.0319 e. The van der Waals surface area contributed by atoms with Crippen molar-refractivity contribution in [2.45, 2.75) is 19.8 Å². The molecule has 0 radical (unpaired) electrons. The maximum atomic E-state index is 5.72. The van der Waals surface area contributed by atoms with Crippen molar-refractivity contribution in [2.75, 3.05) is 11.1 Å². The SMILES string of the molecule is Cc1cc(N)cc(CCCBr)c1. The zero-order valence-electron chi connectivity index (χ0n) is 7.31. The second-order valence-electron chi connectivity index (χ2n) is 3.04. The van der Waals surface area contributed by atoms with Gasteiger partial charge in [-0.25, -0.2) is 0 Å². The first-order valence-corrected chi connectivity index (χ1v) is 5.26. The minimum Gasteiger partial charge on any atom is -0.399 e. The van der Waals surface area contributed by atoms with Crippen molar-refractivity contribution < 1.29 is 0 Å². The van der Waals surface area contributed by atoms with Crippen molar-refractivity contribution in [1.82, 2.24) is 0 Å². The van der Waals surface area contributed by atoms with Crippen molar-refractivity contribution in [3.63, 3.8) is 0 Å². The highest BCUT2D eigenvalue weighted by molar-refractivity contribution is 9.09. The molecule has 0 bridgehead atoms. The van der Waals surface area contributed by atoms with Crippen molar-refractivity contribution in [2.24, 2.45) is 0 Å². The lowest BCUT2D eigenvalue weighted by Crippen LogP contribution is -1.91. The van der Waals surface area contributed by atoms with Crippen LogP contribution in [0.4, 0.5) is 5.69 Å². The Hall–Kier alpha value is -0.500. The number of rotatable bonds is 3. The molecule has 0 heterocycles. The molecule has 0 aliphatic carbocycles. The summed E-state index contributed by atoms with van der Waals surface area (Å²) in [6.07, 6.45) is 2.28. The summed E-state index contributed by atoms with van der Waals surface area (Å²) in [5.74, 6) is 0. The molecule has 0 aliphatic heterocycles. The molecule has 66 valence electrons. The second-order valence-corrected chi connectivity index (χ2v) is 3.84. The summed E-state index contributed by atoms with van der Waals surface area (Å²) in [6, 6.07) is 6.24. The summed E-state index contributed by atoms with van der Waals surface area (Å²) < 4.78 is 0. The number of aryl methyl sites for hydroxylation is 2. The highest BCUT2D eigenvalue weighted by atomic mass is 79.9. The molecule has 0 unspecified atom stereocenters. The van der Waals surface area contributed by atoms with Gasteiger partial charge in [0.2, 0.25) is 0 Å². The van der Waals surface area contributed by atoms with Gasteiger partial charge in [0, 0.05) is 11.0 Å². The Balaban J connectivity index is 2.72. The molecule has 2 heteroatoms. The van der Waals surface area contributed by atoms with Crippen molar-refractivity contribution in [3.8, 4) is 0 Å². The van der Waals surface area contributed by atoms with E-state index in [1.165, 1.54) is 17.5 Å². The van der Waals surface area contributed by atoms with Crippen LogP contribution >= 0.6 is 15.9 Å². The summed E-state index contributed by atoms with van der Waals surface area (Å²) in [7, 11) is 0. The first-order valence-electron chi connectivity index (χ1n) is 4.14. The van der Waals surface area contributed by atoms with Crippen LogP contribution in [-0.2, 0) is 6.42 Å². The lowest BCUT2D eigenvalue weighted by Gasteiger charge is -2.02. The van der Waals surface area contributed by atoms with Crippen LogP contribution in [0.1, 0.15) is 17.5 Å². The summed E-state index contributed by atoms with van der Waals surface area (Å²) in [6.45, 7) is 2.08. The van der Waals surface area contributed by atoms with Gasteiger partial charge in [0.05, 0.1) is 0 Å². The van der Waals surface area contributed by atoms with Crippen molar-refractivity contribution in [1.29, 1.82) is 0 Å². The Morgan fingerprint density at radius 3 is 2.67 bits per heavy atom. The average Bonchev–Trinajstić information content (AvgIpc) is 1.99. The highest BCUT2D eigenvalue weighted by Crippen LogP contribution is 2.13. The van der Waals surface area contributed by atoms with Crippen LogP contribution in [0.5, 0.6) is 0 Å². The largest absolute Gasteiger partial charge is 0.399 e. The number of nitrogens with two attached hydrogens (primary N) is 1. The normalized spacial score (nSPS) is 10.2. The molecule has 0 amide bonds. The second kappa shape index (κ2) is 4.51. The number of halogens is 1. The zero-order valence-corrected chi connectivity index (χ0v) is 8.89. The number of alkyl halides is 1. The van der Waals surface area contributed by atoms with E-state index in [1.54, 1.807) is 0 Å². The Morgan fingerprint density at radius 2 is 2.08 bits per heavy atom. The molecule has 0 saturated heterocycles. The molecular weight excluding hydrogens is 214 g/mol. The Bertz CT molecular complexity index is 238. The molecule has 1 rings (SSSR count). The lowest BCUT2D eigenvalue weighted by atomic mass is 10.1. The number of hydrogen-bond donors (Lipinski definition) is 1. The molecule has 0 aliphatic rings. The summed E-state index contributed by atoms with van der Waals surface area (Å²) in [5, 5.41) is 1.06. The maximum absolute atomic E-state index is 5.72. The molecule has 0 fully saturated rings. The standard InChI is InChI=1S/C10H14BrN/c1-8-5-9(3-2-4-11)7-10(12)6-8/h5-7H,2-4,12H2,1H3. The van der Waals surface area contributed by atoms with E-state index in [2.05, 4.69) is 35.0 Å². The third kappa shape index (κ3) is 2.86. The van der Waals surface area contributed by atoms with Gasteiger partial charge in [0.25, 0.3) is 0 Å². The molecule has 12 heavy (non-hydrogen) atoms. The van der Waals surface area contributed by atoms with Crippen LogP contribution in [0.25, 0.3) is 0 Å². The van der Waals surface area contributed by atoms with Gasteiger partial charge in [0.15, 0.2) is 0 Å². The van der Waals surface area contributed by atoms with Gasteiger partial charge in [-0.05, 0) is 43.0 Å². The van der Waals surface area contributed by atoms with Gasteiger partial charge in [-0.3, -0.25) is 0 Å². The average molecular weight is 228 g/mol. The monoisotopic (exact) mass is 227 g/mol. The van der Waals surface area contributed by atoms with E-state index >= 15 is 0 Å². The number of anilines is 1. The molecule has 1 aromatic carbocycles. The molecular formula is C10H14BrN. The van der Waals surface area contributed by atoms with Crippen LogP contribution in [0, 0.1) is 6.92 Å². The minimum atomic E-state index is 0.875. The smallest absolute Gasteiger partial charge is 0.0319 e. The fraction of sp³-hybridized carbons (Fsp3) is 0.400.